The summed E-state index contributed by atoms with van der Waals surface area (Å²) in [6, 6.07) is 3.88. The normalized spacial score (nSPS) is 11.2. The monoisotopic (exact) mass is 285 g/mol. The molecule has 0 saturated heterocycles. The number of furan rings is 1. The maximum Gasteiger partial charge on any atom is 0.156 e. The van der Waals surface area contributed by atoms with E-state index in [-0.39, 0.29) is 0 Å². The Kier molecular flexibility index (Phi) is 3.60. The molecule has 3 aromatic rings. The van der Waals surface area contributed by atoms with Gasteiger partial charge in [0.25, 0.3) is 0 Å². The molecule has 0 fully saturated rings. The van der Waals surface area contributed by atoms with Crippen LogP contribution in [-0.4, -0.2) is 26.3 Å². The third-order valence-electron chi connectivity index (χ3n) is 3.41. The van der Waals surface area contributed by atoms with Crippen molar-refractivity contribution >= 4 is 16.9 Å². The van der Waals surface area contributed by atoms with Gasteiger partial charge < -0.3 is 9.73 Å². The Morgan fingerprint density at radius 1 is 1.29 bits per heavy atom. The number of hydrogen-bond acceptors (Lipinski definition) is 5. The number of nitrogens with zero attached hydrogens (tertiary/aromatic N) is 4. The van der Waals surface area contributed by atoms with Crippen molar-refractivity contribution in [2.75, 3.05) is 11.9 Å². The SMILES string of the molecule is CCn1nc(C)c2nc(C)nc(NCCc3ccco3)c21. The average molecular weight is 285 g/mol. The van der Waals surface area contributed by atoms with Crippen LogP contribution in [-0.2, 0) is 13.0 Å². The van der Waals surface area contributed by atoms with Crippen molar-refractivity contribution in [3.05, 3.63) is 35.7 Å². The molecular weight excluding hydrogens is 266 g/mol. The number of anilines is 1. The number of fused-ring (bicyclic) bond motifs is 1. The van der Waals surface area contributed by atoms with E-state index >= 15 is 0 Å². The van der Waals surface area contributed by atoms with Gasteiger partial charge in [0.2, 0.25) is 0 Å². The van der Waals surface area contributed by atoms with Crippen molar-refractivity contribution in [2.24, 2.45) is 0 Å². The van der Waals surface area contributed by atoms with E-state index in [4.69, 9.17) is 4.42 Å². The van der Waals surface area contributed by atoms with Crippen LogP contribution in [0.1, 0.15) is 24.2 Å². The minimum absolute atomic E-state index is 0.752. The lowest BCUT2D eigenvalue weighted by Crippen LogP contribution is -2.09. The molecule has 0 spiro atoms. The van der Waals surface area contributed by atoms with E-state index in [1.165, 1.54) is 0 Å². The molecule has 6 heteroatoms. The lowest BCUT2D eigenvalue weighted by atomic mass is 10.3. The number of aryl methyl sites for hydroxylation is 3. The Hall–Kier alpha value is -2.37. The molecular formula is C15H19N5O. The first-order chi connectivity index (χ1) is 10.2. The lowest BCUT2D eigenvalue weighted by Gasteiger charge is -2.08. The maximum atomic E-state index is 5.34. The summed E-state index contributed by atoms with van der Waals surface area (Å²) in [6.07, 6.45) is 2.51. The largest absolute Gasteiger partial charge is 0.469 e. The summed E-state index contributed by atoms with van der Waals surface area (Å²) in [4.78, 5) is 9.04. The summed E-state index contributed by atoms with van der Waals surface area (Å²) in [5, 5.41) is 7.91. The fourth-order valence-corrected chi connectivity index (χ4v) is 2.45. The van der Waals surface area contributed by atoms with Crippen LogP contribution in [0.25, 0.3) is 11.0 Å². The van der Waals surface area contributed by atoms with E-state index in [1.807, 2.05) is 30.7 Å². The van der Waals surface area contributed by atoms with Crippen LogP contribution < -0.4 is 5.32 Å². The summed E-state index contributed by atoms with van der Waals surface area (Å²) in [5.41, 5.74) is 2.83. The summed E-state index contributed by atoms with van der Waals surface area (Å²) >= 11 is 0. The van der Waals surface area contributed by atoms with Crippen LogP contribution in [0.15, 0.2) is 22.8 Å². The van der Waals surface area contributed by atoms with Gasteiger partial charge in [0.1, 0.15) is 22.6 Å². The second-order valence-electron chi connectivity index (χ2n) is 4.97. The van der Waals surface area contributed by atoms with E-state index in [1.54, 1.807) is 6.26 Å². The molecule has 6 nitrogen and oxygen atoms in total. The first-order valence-electron chi connectivity index (χ1n) is 7.17. The highest BCUT2D eigenvalue weighted by atomic mass is 16.3. The summed E-state index contributed by atoms with van der Waals surface area (Å²) < 4.78 is 7.29. The van der Waals surface area contributed by atoms with Gasteiger partial charge in [-0.1, -0.05) is 0 Å². The molecule has 0 aliphatic rings. The Balaban J connectivity index is 1.89. The lowest BCUT2D eigenvalue weighted by molar-refractivity contribution is 0.513. The molecule has 3 rings (SSSR count). The topological polar surface area (TPSA) is 68.8 Å². The predicted octanol–water partition coefficient (Wildman–Crippen LogP) is 2.71. The molecule has 0 amide bonds. The van der Waals surface area contributed by atoms with Gasteiger partial charge in [-0.15, -0.1) is 0 Å². The van der Waals surface area contributed by atoms with Crippen LogP contribution in [0.3, 0.4) is 0 Å². The first kappa shape index (κ1) is 13.6. The third kappa shape index (κ3) is 2.61. The second-order valence-corrected chi connectivity index (χ2v) is 4.97. The van der Waals surface area contributed by atoms with Gasteiger partial charge >= 0.3 is 0 Å². The highest BCUT2D eigenvalue weighted by Gasteiger charge is 2.14. The Morgan fingerprint density at radius 2 is 2.14 bits per heavy atom. The van der Waals surface area contributed by atoms with Gasteiger partial charge in [0.15, 0.2) is 5.82 Å². The molecule has 21 heavy (non-hydrogen) atoms. The van der Waals surface area contributed by atoms with Crippen LogP contribution in [0.2, 0.25) is 0 Å². The highest BCUT2D eigenvalue weighted by Crippen LogP contribution is 2.23. The van der Waals surface area contributed by atoms with Crippen molar-refractivity contribution in [1.29, 1.82) is 0 Å². The molecule has 0 aliphatic heterocycles. The zero-order valence-corrected chi connectivity index (χ0v) is 12.6. The van der Waals surface area contributed by atoms with E-state index < -0.39 is 0 Å². The molecule has 0 atom stereocenters. The van der Waals surface area contributed by atoms with Gasteiger partial charge in [-0.3, -0.25) is 4.68 Å². The van der Waals surface area contributed by atoms with Gasteiger partial charge in [-0.2, -0.15) is 5.10 Å². The van der Waals surface area contributed by atoms with Crippen molar-refractivity contribution in [3.63, 3.8) is 0 Å². The molecule has 0 aliphatic carbocycles. The molecule has 0 aromatic carbocycles. The predicted molar refractivity (Wildman–Crippen MR) is 81.4 cm³/mol. The van der Waals surface area contributed by atoms with Crippen LogP contribution in [0.5, 0.6) is 0 Å². The number of rotatable bonds is 5. The van der Waals surface area contributed by atoms with Crippen LogP contribution in [0.4, 0.5) is 5.82 Å². The minimum Gasteiger partial charge on any atom is -0.469 e. The van der Waals surface area contributed by atoms with Gasteiger partial charge in [-0.25, -0.2) is 9.97 Å². The standard InChI is InChI=1S/C15H19N5O/c1-4-20-14-13(10(2)19-20)17-11(3)18-15(14)16-8-7-12-6-5-9-21-12/h5-6,9H,4,7-8H2,1-3H3,(H,16,17,18). The smallest absolute Gasteiger partial charge is 0.156 e. The van der Waals surface area contributed by atoms with Gasteiger partial charge in [-0.05, 0) is 32.9 Å². The first-order valence-corrected chi connectivity index (χ1v) is 7.17. The van der Waals surface area contributed by atoms with E-state index in [9.17, 15) is 0 Å². The molecule has 110 valence electrons. The van der Waals surface area contributed by atoms with Crippen LogP contribution >= 0.6 is 0 Å². The van der Waals surface area contributed by atoms with Gasteiger partial charge in [0.05, 0.1) is 12.0 Å². The molecule has 1 N–H and O–H groups in total. The summed E-state index contributed by atoms with van der Waals surface area (Å²) in [6.45, 7) is 7.50. The molecule has 3 heterocycles. The van der Waals surface area contributed by atoms with Crippen LogP contribution in [0, 0.1) is 13.8 Å². The highest BCUT2D eigenvalue weighted by molar-refractivity contribution is 5.87. The second kappa shape index (κ2) is 5.55. The molecule has 0 bridgehead atoms. The minimum atomic E-state index is 0.752. The molecule has 3 aromatic heterocycles. The average Bonchev–Trinajstić information content (AvgIpc) is 3.07. The Labute approximate surface area is 123 Å². The maximum absolute atomic E-state index is 5.34. The summed E-state index contributed by atoms with van der Waals surface area (Å²) in [7, 11) is 0. The van der Waals surface area contributed by atoms with Crippen molar-refractivity contribution in [2.45, 2.75) is 33.7 Å². The van der Waals surface area contributed by atoms with Crippen molar-refractivity contribution in [1.82, 2.24) is 19.7 Å². The fraction of sp³-hybridized carbons (Fsp3) is 0.400. The fourth-order valence-electron chi connectivity index (χ4n) is 2.45. The third-order valence-corrected chi connectivity index (χ3v) is 3.41. The molecule has 0 unspecified atom stereocenters. The van der Waals surface area contributed by atoms with Crippen molar-refractivity contribution in [3.8, 4) is 0 Å². The molecule has 0 saturated carbocycles. The quantitative estimate of drug-likeness (QED) is 0.780. The zero-order chi connectivity index (χ0) is 14.8. The molecule has 0 radical (unpaired) electrons. The number of nitrogens with one attached hydrogen (secondary N) is 1. The van der Waals surface area contributed by atoms with E-state index in [0.717, 1.165) is 53.6 Å². The number of aromatic nitrogens is 4. The zero-order valence-electron chi connectivity index (χ0n) is 12.6. The van der Waals surface area contributed by atoms with Crippen molar-refractivity contribution < 1.29 is 4.42 Å². The summed E-state index contributed by atoms with van der Waals surface area (Å²) in [5.74, 6) is 2.55. The van der Waals surface area contributed by atoms with E-state index in [2.05, 4.69) is 27.3 Å². The Morgan fingerprint density at radius 3 is 2.86 bits per heavy atom. The Bertz CT molecular complexity index is 745. The van der Waals surface area contributed by atoms with Gasteiger partial charge in [0, 0.05) is 19.5 Å². The number of hydrogen-bond donors (Lipinski definition) is 1. The van der Waals surface area contributed by atoms with E-state index in [0.29, 0.717) is 0 Å².